The standard InChI is InChI=1S/C15H24N2O2/c1-5-16-9-13-8-12(4)6-7-14(13)19-10-15(18)17-11(2)3/h6-8,11,16H,5,9-10H2,1-4H3,(H,17,18). The largest absolute Gasteiger partial charge is 0.483 e. The molecule has 0 spiro atoms. The van der Waals surface area contributed by atoms with Crippen molar-refractivity contribution in [2.75, 3.05) is 13.2 Å². The Balaban J connectivity index is 2.63. The number of ether oxygens (including phenoxy) is 1. The first-order chi connectivity index (χ1) is 9.02. The van der Waals surface area contributed by atoms with Crippen molar-refractivity contribution in [1.29, 1.82) is 0 Å². The topological polar surface area (TPSA) is 50.4 Å². The molecule has 4 nitrogen and oxygen atoms in total. The van der Waals surface area contributed by atoms with Crippen LogP contribution in [-0.2, 0) is 11.3 Å². The number of hydrogen-bond donors (Lipinski definition) is 2. The Morgan fingerprint density at radius 1 is 1.37 bits per heavy atom. The maximum Gasteiger partial charge on any atom is 0.258 e. The van der Waals surface area contributed by atoms with E-state index in [0.717, 1.165) is 24.4 Å². The van der Waals surface area contributed by atoms with E-state index in [2.05, 4.69) is 23.6 Å². The summed E-state index contributed by atoms with van der Waals surface area (Å²) in [5.74, 6) is 0.676. The van der Waals surface area contributed by atoms with Crippen molar-refractivity contribution in [2.45, 2.75) is 40.3 Å². The van der Waals surface area contributed by atoms with Gasteiger partial charge in [0.05, 0.1) is 0 Å². The zero-order chi connectivity index (χ0) is 14.3. The molecule has 1 aromatic carbocycles. The molecule has 106 valence electrons. The Kier molecular flexibility index (Phi) is 6.36. The average Bonchev–Trinajstić information content (AvgIpc) is 2.34. The molecule has 0 aromatic heterocycles. The van der Waals surface area contributed by atoms with Crippen LogP contribution in [0.2, 0.25) is 0 Å². The molecule has 0 aliphatic rings. The van der Waals surface area contributed by atoms with Gasteiger partial charge in [-0.1, -0.05) is 24.6 Å². The Hall–Kier alpha value is -1.55. The van der Waals surface area contributed by atoms with Gasteiger partial charge in [0, 0.05) is 18.2 Å². The van der Waals surface area contributed by atoms with Gasteiger partial charge in [-0.2, -0.15) is 0 Å². The van der Waals surface area contributed by atoms with E-state index in [1.165, 1.54) is 5.56 Å². The Bertz CT molecular complexity index is 417. The first-order valence-corrected chi connectivity index (χ1v) is 6.75. The SMILES string of the molecule is CCNCc1cc(C)ccc1OCC(=O)NC(C)C. The average molecular weight is 264 g/mol. The summed E-state index contributed by atoms with van der Waals surface area (Å²) in [6.45, 7) is 9.68. The van der Waals surface area contributed by atoms with Gasteiger partial charge in [0.25, 0.3) is 5.91 Å². The number of aryl methyl sites for hydroxylation is 1. The zero-order valence-corrected chi connectivity index (χ0v) is 12.2. The molecular formula is C15H24N2O2. The number of nitrogens with one attached hydrogen (secondary N) is 2. The number of amides is 1. The van der Waals surface area contributed by atoms with E-state index in [0.29, 0.717) is 0 Å². The number of rotatable bonds is 7. The second-order valence-electron chi connectivity index (χ2n) is 4.90. The zero-order valence-electron chi connectivity index (χ0n) is 12.2. The highest BCUT2D eigenvalue weighted by Crippen LogP contribution is 2.19. The highest BCUT2D eigenvalue weighted by Gasteiger charge is 2.08. The molecule has 1 aromatic rings. The van der Waals surface area contributed by atoms with E-state index in [1.807, 2.05) is 32.9 Å². The van der Waals surface area contributed by atoms with Gasteiger partial charge in [-0.3, -0.25) is 4.79 Å². The Labute approximate surface area is 115 Å². The predicted octanol–water partition coefficient (Wildman–Crippen LogP) is 2.01. The van der Waals surface area contributed by atoms with Gasteiger partial charge in [0.15, 0.2) is 6.61 Å². The van der Waals surface area contributed by atoms with Gasteiger partial charge in [-0.25, -0.2) is 0 Å². The van der Waals surface area contributed by atoms with Crippen LogP contribution in [0.1, 0.15) is 31.9 Å². The second-order valence-corrected chi connectivity index (χ2v) is 4.90. The maximum atomic E-state index is 11.6. The highest BCUT2D eigenvalue weighted by atomic mass is 16.5. The molecule has 19 heavy (non-hydrogen) atoms. The van der Waals surface area contributed by atoms with Crippen LogP contribution in [0.3, 0.4) is 0 Å². The van der Waals surface area contributed by atoms with Gasteiger partial charge >= 0.3 is 0 Å². The van der Waals surface area contributed by atoms with Crippen molar-refractivity contribution in [3.05, 3.63) is 29.3 Å². The van der Waals surface area contributed by atoms with Gasteiger partial charge in [-0.05, 0) is 33.4 Å². The van der Waals surface area contributed by atoms with Crippen LogP contribution >= 0.6 is 0 Å². The van der Waals surface area contributed by atoms with E-state index in [1.54, 1.807) is 0 Å². The fourth-order valence-corrected chi connectivity index (χ4v) is 1.75. The lowest BCUT2D eigenvalue weighted by atomic mass is 10.1. The lowest BCUT2D eigenvalue weighted by Crippen LogP contribution is -2.34. The first-order valence-electron chi connectivity index (χ1n) is 6.75. The van der Waals surface area contributed by atoms with Crippen LogP contribution < -0.4 is 15.4 Å². The minimum atomic E-state index is -0.0926. The third-order valence-corrected chi connectivity index (χ3v) is 2.59. The molecule has 0 fully saturated rings. The molecule has 0 bridgehead atoms. The fourth-order valence-electron chi connectivity index (χ4n) is 1.75. The smallest absolute Gasteiger partial charge is 0.258 e. The molecule has 4 heteroatoms. The molecule has 1 rings (SSSR count). The lowest BCUT2D eigenvalue weighted by molar-refractivity contribution is -0.123. The molecule has 0 saturated carbocycles. The van der Waals surface area contributed by atoms with E-state index in [-0.39, 0.29) is 18.6 Å². The molecule has 1 amide bonds. The van der Waals surface area contributed by atoms with E-state index < -0.39 is 0 Å². The van der Waals surface area contributed by atoms with Gasteiger partial charge in [0.2, 0.25) is 0 Å². The number of hydrogen-bond acceptors (Lipinski definition) is 3. The minimum absolute atomic E-state index is 0.0559. The monoisotopic (exact) mass is 264 g/mol. The fraction of sp³-hybridized carbons (Fsp3) is 0.533. The molecule has 0 radical (unpaired) electrons. The van der Waals surface area contributed by atoms with Gasteiger partial charge in [0.1, 0.15) is 5.75 Å². The first kappa shape index (κ1) is 15.5. The normalized spacial score (nSPS) is 10.6. The summed E-state index contributed by atoms with van der Waals surface area (Å²) in [5, 5.41) is 6.08. The van der Waals surface area contributed by atoms with Crippen molar-refractivity contribution < 1.29 is 9.53 Å². The lowest BCUT2D eigenvalue weighted by Gasteiger charge is -2.13. The Morgan fingerprint density at radius 2 is 2.11 bits per heavy atom. The molecule has 0 aliphatic heterocycles. The minimum Gasteiger partial charge on any atom is -0.483 e. The summed E-state index contributed by atoms with van der Waals surface area (Å²) in [7, 11) is 0. The summed E-state index contributed by atoms with van der Waals surface area (Å²) in [6.07, 6.45) is 0. The van der Waals surface area contributed by atoms with Gasteiger partial charge in [-0.15, -0.1) is 0 Å². The summed E-state index contributed by atoms with van der Waals surface area (Å²) in [6, 6.07) is 6.13. The van der Waals surface area contributed by atoms with Crippen molar-refractivity contribution in [1.82, 2.24) is 10.6 Å². The van der Waals surface area contributed by atoms with E-state index in [4.69, 9.17) is 4.74 Å². The molecule has 0 heterocycles. The number of carbonyl (C=O) groups is 1. The molecular weight excluding hydrogens is 240 g/mol. The van der Waals surface area contributed by atoms with Crippen molar-refractivity contribution in [3.8, 4) is 5.75 Å². The third kappa shape index (κ3) is 5.75. The van der Waals surface area contributed by atoms with Gasteiger partial charge < -0.3 is 15.4 Å². The summed E-state index contributed by atoms with van der Waals surface area (Å²) < 4.78 is 5.60. The molecule has 0 unspecified atom stereocenters. The maximum absolute atomic E-state index is 11.6. The van der Waals surface area contributed by atoms with E-state index >= 15 is 0 Å². The van der Waals surface area contributed by atoms with E-state index in [9.17, 15) is 4.79 Å². The molecule has 0 aliphatic carbocycles. The van der Waals surface area contributed by atoms with Crippen molar-refractivity contribution >= 4 is 5.91 Å². The second kappa shape index (κ2) is 7.79. The number of benzene rings is 1. The van der Waals surface area contributed by atoms with Crippen molar-refractivity contribution in [3.63, 3.8) is 0 Å². The summed E-state index contributed by atoms with van der Waals surface area (Å²) in [5.41, 5.74) is 2.27. The van der Waals surface area contributed by atoms with Crippen LogP contribution in [0.4, 0.5) is 0 Å². The van der Waals surface area contributed by atoms with Crippen LogP contribution in [0.5, 0.6) is 5.75 Å². The Morgan fingerprint density at radius 3 is 2.74 bits per heavy atom. The van der Waals surface area contributed by atoms with Crippen LogP contribution in [0.25, 0.3) is 0 Å². The predicted molar refractivity (Wildman–Crippen MR) is 77.3 cm³/mol. The van der Waals surface area contributed by atoms with Crippen LogP contribution in [0, 0.1) is 6.92 Å². The summed E-state index contributed by atoms with van der Waals surface area (Å²) in [4.78, 5) is 11.6. The van der Waals surface area contributed by atoms with Crippen molar-refractivity contribution in [2.24, 2.45) is 0 Å². The molecule has 2 N–H and O–H groups in total. The highest BCUT2D eigenvalue weighted by molar-refractivity contribution is 5.77. The molecule has 0 atom stereocenters. The quantitative estimate of drug-likeness (QED) is 0.792. The van der Waals surface area contributed by atoms with Crippen LogP contribution in [-0.4, -0.2) is 25.1 Å². The summed E-state index contributed by atoms with van der Waals surface area (Å²) >= 11 is 0. The third-order valence-electron chi connectivity index (χ3n) is 2.59. The number of carbonyl (C=O) groups excluding carboxylic acids is 1. The molecule has 0 saturated heterocycles. The van der Waals surface area contributed by atoms with Crippen LogP contribution in [0.15, 0.2) is 18.2 Å².